The highest BCUT2D eigenvalue weighted by Crippen LogP contribution is 2.28. The van der Waals surface area contributed by atoms with Gasteiger partial charge in [0.05, 0.1) is 12.1 Å². The van der Waals surface area contributed by atoms with Crippen molar-refractivity contribution in [2.45, 2.75) is 26.7 Å². The number of methoxy groups -OCH3 is 1. The van der Waals surface area contributed by atoms with E-state index in [4.69, 9.17) is 22.1 Å². The van der Waals surface area contributed by atoms with Gasteiger partial charge in [0.15, 0.2) is 0 Å². The summed E-state index contributed by atoms with van der Waals surface area (Å²) >= 11 is 6.10. The molecule has 0 heterocycles. The Labute approximate surface area is 103 Å². The van der Waals surface area contributed by atoms with Gasteiger partial charge in [0, 0.05) is 0 Å². The molecule has 0 fully saturated rings. The van der Waals surface area contributed by atoms with E-state index in [2.05, 4.69) is 13.8 Å². The minimum atomic E-state index is 0.556. The number of ether oxygens (including phenoxy) is 1. The van der Waals surface area contributed by atoms with Crippen molar-refractivity contribution in [3.8, 4) is 5.75 Å². The van der Waals surface area contributed by atoms with Gasteiger partial charge in [-0.3, -0.25) is 0 Å². The second-order valence-electron chi connectivity index (χ2n) is 4.29. The first-order valence-electron chi connectivity index (χ1n) is 5.61. The normalized spacial score (nSPS) is 12.6. The first kappa shape index (κ1) is 13.3. The monoisotopic (exact) mass is 241 g/mol. The number of benzene rings is 1. The summed E-state index contributed by atoms with van der Waals surface area (Å²) in [5.41, 5.74) is 8.11. The van der Waals surface area contributed by atoms with Crippen molar-refractivity contribution in [3.05, 3.63) is 28.3 Å². The van der Waals surface area contributed by atoms with Crippen LogP contribution < -0.4 is 10.5 Å². The second kappa shape index (κ2) is 6.12. The van der Waals surface area contributed by atoms with Crippen LogP contribution in [0.1, 0.15) is 24.5 Å². The molecule has 1 aromatic rings. The lowest BCUT2D eigenvalue weighted by molar-refractivity contribution is 0.414. The largest absolute Gasteiger partial charge is 0.495 e. The van der Waals surface area contributed by atoms with Crippen LogP contribution in [0.15, 0.2) is 12.1 Å². The molecular formula is C13H20ClNO. The Hall–Kier alpha value is -0.730. The molecule has 2 N–H and O–H groups in total. The molecule has 0 aliphatic carbocycles. The quantitative estimate of drug-likeness (QED) is 0.860. The summed E-state index contributed by atoms with van der Waals surface area (Å²) in [6.07, 6.45) is 2.12. The third kappa shape index (κ3) is 3.39. The van der Waals surface area contributed by atoms with Gasteiger partial charge in [-0.2, -0.15) is 0 Å². The van der Waals surface area contributed by atoms with Crippen molar-refractivity contribution < 1.29 is 4.74 Å². The van der Waals surface area contributed by atoms with Crippen molar-refractivity contribution in [2.75, 3.05) is 13.7 Å². The van der Waals surface area contributed by atoms with Crippen LogP contribution in [0, 0.1) is 12.8 Å². The third-order valence-corrected chi connectivity index (χ3v) is 3.21. The maximum Gasteiger partial charge on any atom is 0.137 e. The summed E-state index contributed by atoms with van der Waals surface area (Å²) in [7, 11) is 1.64. The topological polar surface area (TPSA) is 35.2 Å². The average molecular weight is 242 g/mol. The van der Waals surface area contributed by atoms with Gasteiger partial charge in [-0.15, -0.1) is 0 Å². The van der Waals surface area contributed by atoms with Crippen LogP contribution >= 0.6 is 11.6 Å². The Balaban J connectivity index is 2.77. The van der Waals surface area contributed by atoms with E-state index >= 15 is 0 Å². The van der Waals surface area contributed by atoms with Crippen LogP contribution in [-0.4, -0.2) is 13.7 Å². The molecule has 90 valence electrons. The lowest BCUT2D eigenvalue weighted by Gasteiger charge is -2.12. The molecular weight excluding hydrogens is 222 g/mol. The number of nitrogens with two attached hydrogens (primary N) is 1. The van der Waals surface area contributed by atoms with E-state index in [1.807, 2.05) is 12.1 Å². The maximum absolute atomic E-state index is 6.10. The van der Waals surface area contributed by atoms with Gasteiger partial charge in [-0.25, -0.2) is 0 Å². The van der Waals surface area contributed by atoms with Gasteiger partial charge in [-0.05, 0) is 55.5 Å². The predicted molar refractivity (Wildman–Crippen MR) is 69.3 cm³/mol. The van der Waals surface area contributed by atoms with Crippen LogP contribution in [0.3, 0.4) is 0 Å². The van der Waals surface area contributed by atoms with Crippen molar-refractivity contribution in [3.63, 3.8) is 0 Å². The zero-order chi connectivity index (χ0) is 12.1. The van der Waals surface area contributed by atoms with Crippen LogP contribution in [-0.2, 0) is 6.42 Å². The van der Waals surface area contributed by atoms with Crippen molar-refractivity contribution >= 4 is 11.6 Å². The molecule has 0 aromatic heterocycles. The molecule has 1 aromatic carbocycles. The molecule has 1 rings (SSSR count). The summed E-state index contributed by atoms with van der Waals surface area (Å²) in [5, 5.41) is 0.684. The molecule has 1 unspecified atom stereocenters. The Morgan fingerprint density at radius 1 is 1.44 bits per heavy atom. The standard InChI is InChI=1S/C13H20ClNO/c1-9(8-15)4-5-11-7-12(14)13(16-3)6-10(11)2/h6-7,9H,4-5,8,15H2,1-3H3. The molecule has 2 nitrogen and oxygen atoms in total. The highest BCUT2D eigenvalue weighted by Gasteiger charge is 2.07. The molecule has 1 atom stereocenters. The minimum Gasteiger partial charge on any atom is -0.495 e. The Morgan fingerprint density at radius 3 is 2.69 bits per heavy atom. The summed E-state index contributed by atoms with van der Waals surface area (Å²) in [4.78, 5) is 0. The van der Waals surface area contributed by atoms with Gasteiger partial charge in [-0.1, -0.05) is 18.5 Å². The zero-order valence-electron chi connectivity index (χ0n) is 10.2. The molecule has 16 heavy (non-hydrogen) atoms. The lowest BCUT2D eigenvalue weighted by atomic mass is 9.98. The van der Waals surface area contributed by atoms with Crippen molar-refractivity contribution in [1.29, 1.82) is 0 Å². The number of aryl methyl sites for hydroxylation is 2. The number of hydrogen-bond acceptors (Lipinski definition) is 2. The highest BCUT2D eigenvalue weighted by atomic mass is 35.5. The van der Waals surface area contributed by atoms with E-state index < -0.39 is 0 Å². The van der Waals surface area contributed by atoms with E-state index in [9.17, 15) is 0 Å². The maximum atomic E-state index is 6.10. The fraction of sp³-hybridized carbons (Fsp3) is 0.538. The van der Waals surface area contributed by atoms with Crippen molar-refractivity contribution in [2.24, 2.45) is 11.7 Å². The number of hydrogen-bond donors (Lipinski definition) is 1. The van der Waals surface area contributed by atoms with Crippen LogP contribution in [0.4, 0.5) is 0 Å². The molecule has 0 aliphatic rings. The van der Waals surface area contributed by atoms with E-state index in [1.165, 1.54) is 11.1 Å². The molecule has 0 aliphatic heterocycles. The number of rotatable bonds is 5. The Bertz CT molecular complexity index is 352. The summed E-state index contributed by atoms with van der Waals surface area (Å²) in [5.74, 6) is 1.30. The molecule has 0 bridgehead atoms. The van der Waals surface area contributed by atoms with E-state index in [0.29, 0.717) is 10.9 Å². The van der Waals surface area contributed by atoms with Gasteiger partial charge < -0.3 is 10.5 Å². The lowest BCUT2D eigenvalue weighted by Crippen LogP contribution is -2.11. The minimum absolute atomic E-state index is 0.556. The first-order valence-corrected chi connectivity index (χ1v) is 5.99. The molecule has 0 radical (unpaired) electrons. The van der Waals surface area contributed by atoms with Crippen LogP contribution in [0.25, 0.3) is 0 Å². The highest BCUT2D eigenvalue weighted by molar-refractivity contribution is 6.32. The Kier molecular flexibility index (Phi) is 5.10. The fourth-order valence-electron chi connectivity index (χ4n) is 1.64. The van der Waals surface area contributed by atoms with Gasteiger partial charge >= 0.3 is 0 Å². The first-order chi connectivity index (χ1) is 7.58. The summed E-state index contributed by atoms with van der Waals surface area (Å²) in [6, 6.07) is 3.99. The van der Waals surface area contributed by atoms with Gasteiger partial charge in [0.25, 0.3) is 0 Å². The van der Waals surface area contributed by atoms with Crippen LogP contribution in [0.2, 0.25) is 5.02 Å². The Morgan fingerprint density at radius 2 is 2.12 bits per heavy atom. The zero-order valence-corrected chi connectivity index (χ0v) is 11.0. The van der Waals surface area contributed by atoms with E-state index in [0.717, 1.165) is 25.1 Å². The van der Waals surface area contributed by atoms with E-state index in [1.54, 1.807) is 7.11 Å². The molecule has 3 heteroatoms. The van der Waals surface area contributed by atoms with Crippen molar-refractivity contribution in [1.82, 2.24) is 0 Å². The average Bonchev–Trinajstić information content (AvgIpc) is 2.29. The number of halogens is 1. The molecule has 0 amide bonds. The third-order valence-electron chi connectivity index (χ3n) is 2.92. The molecule has 0 saturated heterocycles. The molecule has 0 spiro atoms. The second-order valence-corrected chi connectivity index (χ2v) is 4.70. The van der Waals surface area contributed by atoms with Crippen LogP contribution in [0.5, 0.6) is 5.75 Å². The summed E-state index contributed by atoms with van der Waals surface area (Å²) in [6.45, 7) is 4.99. The fourth-order valence-corrected chi connectivity index (χ4v) is 1.91. The SMILES string of the molecule is COc1cc(C)c(CCC(C)CN)cc1Cl. The smallest absolute Gasteiger partial charge is 0.137 e. The molecule has 0 saturated carbocycles. The predicted octanol–water partition coefficient (Wildman–Crippen LogP) is 3.18. The summed E-state index contributed by atoms with van der Waals surface area (Å²) < 4.78 is 5.18. The van der Waals surface area contributed by atoms with E-state index in [-0.39, 0.29) is 0 Å². The van der Waals surface area contributed by atoms with Gasteiger partial charge in [0.1, 0.15) is 5.75 Å². The van der Waals surface area contributed by atoms with Gasteiger partial charge in [0.2, 0.25) is 0 Å².